The number of nitrogens with one attached hydrogen (secondary N) is 1. The second-order valence-corrected chi connectivity index (χ2v) is 6.24. The first-order chi connectivity index (χ1) is 11.5. The van der Waals surface area contributed by atoms with Crippen LogP contribution in [0.5, 0.6) is 0 Å². The third-order valence-electron chi connectivity index (χ3n) is 4.33. The number of urea groups is 1. The molecule has 1 N–H and O–H groups in total. The molecule has 126 valence electrons. The third-order valence-corrected chi connectivity index (χ3v) is 4.33. The summed E-state index contributed by atoms with van der Waals surface area (Å²) in [6.07, 6.45) is 2.21. The lowest BCUT2D eigenvalue weighted by molar-refractivity contribution is 0.189. The minimum Gasteiger partial charge on any atom is -0.317 e. The monoisotopic (exact) mass is 330 g/mol. The molecule has 0 radical (unpaired) electrons. The largest absolute Gasteiger partial charge is 0.322 e. The Kier molecular flexibility index (Phi) is 4.79. The predicted octanol–water partition coefficient (Wildman–Crippen LogP) is 4.97. The molecule has 3 rings (SSSR count). The molecule has 1 aliphatic carbocycles. The summed E-state index contributed by atoms with van der Waals surface area (Å²) >= 11 is 0. The quantitative estimate of drug-likeness (QED) is 0.825. The van der Waals surface area contributed by atoms with E-state index in [4.69, 9.17) is 0 Å². The van der Waals surface area contributed by atoms with Crippen molar-refractivity contribution in [2.45, 2.75) is 25.8 Å². The smallest absolute Gasteiger partial charge is 0.317 e. The van der Waals surface area contributed by atoms with Gasteiger partial charge < -0.3 is 10.2 Å². The van der Waals surface area contributed by atoms with Crippen LogP contribution < -0.4 is 5.32 Å². The fourth-order valence-electron chi connectivity index (χ4n) is 2.68. The van der Waals surface area contributed by atoms with E-state index in [1.54, 1.807) is 4.90 Å². The maximum atomic E-state index is 13.8. The topological polar surface area (TPSA) is 32.3 Å². The highest BCUT2D eigenvalue weighted by atomic mass is 19.1. The van der Waals surface area contributed by atoms with Crippen LogP contribution in [0, 0.1) is 17.6 Å². The zero-order chi connectivity index (χ0) is 17.1. The molecule has 0 saturated heterocycles. The van der Waals surface area contributed by atoms with E-state index in [1.807, 2.05) is 37.3 Å². The van der Waals surface area contributed by atoms with Crippen molar-refractivity contribution in [3.8, 4) is 0 Å². The van der Waals surface area contributed by atoms with Crippen molar-refractivity contribution in [1.82, 2.24) is 4.90 Å². The zero-order valence-corrected chi connectivity index (χ0v) is 13.5. The highest BCUT2D eigenvalue weighted by Gasteiger charge is 2.30. The van der Waals surface area contributed by atoms with Gasteiger partial charge in [-0.3, -0.25) is 0 Å². The second-order valence-electron chi connectivity index (χ2n) is 6.24. The van der Waals surface area contributed by atoms with Gasteiger partial charge in [0.25, 0.3) is 0 Å². The van der Waals surface area contributed by atoms with Gasteiger partial charge in [0.1, 0.15) is 11.6 Å². The second kappa shape index (κ2) is 6.99. The Hall–Kier alpha value is -2.43. The van der Waals surface area contributed by atoms with E-state index >= 15 is 0 Å². The van der Waals surface area contributed by atoms with E-state index in [0.717, 1.165) is 30.5 Å². The number of nitrogens with zero attached hydrogens (tertiary/aromatic N) is 1. The van der Waals surface area contributed by atoms with Crippen molar-refractivity contribution in [1.29, 1.82) is 0 Å². The average Bonchev–Trinajstić information content (AvgIpc) is 3.39. The van der Waals surface area contributed by atoms with Crippen LogP contribution in [0.25, 0.3) is 0 Å². The van der Waals surface area contributed by atoms with Gasteiger partial charge in [0, 0.05) is 12.6 Å². The molecule has 5 heteroatoms. The molecular weight excluding hydrogens is 310 g/mol. The van der Waals surface area contributed by atoms with Crippen molar-refractivity contribution in [3.63, 3.8) is 0 Å². The lowest BCUT2D eigenvalue weighted by Crippen LogP contribution is -2.38. The zero-order valence-electron chi connectivity index (χ0n) is 13.5. The summed E-state index contributed by atoms with van der Waals surface area (Å²) in [4.78, 5) is 14.4. The Morgan fingerprint density at radius 1 is 1.21 bits per heavy atom. The molecule has 0 bridgehead atoms. The molecule has 2 aromatic carbocycles. The van der Waals surface area contributed by atoms with Crippen LogP contribution in [0.2, 0.25) is 0 Å². The van der Waals surface area contributed by atoms with Gasteiger partial charge in [-0.25, -0.2) is 13.6 Å². The van der Waals surface area contributed by atoms with Gasteiger partial charge in [-0.05, 0) is 43.4 Å². The summed E-state index contributed by atoms with van der Waals surface area (Å²) in [6.45, 7) is 2.59. The molecule has 2 amide bonds. The van der Waals surface area contributed by atoms with Crippen LogP contribution in [0.3, 0.4) is 0 Å². The van der Waals surface area contributed by atoms with E-state index in [9.17, 15) is 13.6 Å². The van der Waals surface area contributed by atoms with E-state index in [2.05, 4.69) is 5.32 Å². The standard InChI is InChI=1S/C19H20F2N2O/c1-13(15-5-3-2-4-6-15)23(12-14-7-8-14)19(24)22-18-10-9-16(20)11-17(18)21/h2-6,9-11,13-14H,7-8,12H2,1H3,(H,22,24). The number of benzene rings is 2. The lowest BCUT2D eigenvalue weighted by atomic mass is 10.1. The lowest BCUT2D eigenvalue weighted by Gasteiger charge is -2.30. The molecule has 1 unspecified atom stereocenters. The molecule has 0 aromatic heterocycles. The van der Waals surface area contributed by atoms with Gasteiger partial charge in [-0.2, -0.15) is 0 Å². The molecule has 1 atom stereocenters. The highest BCUT2D eigenvalue weighted by molar-refractivity contribution is 5.89. The molecule has 0 spiro atoms. The van der Waals surface area contributed by atoms with Gasteiger partial charge >= 0.3 is 6.03 Å². The normalized spacial score (nSPS) is 15.0. The minimum atomic E-state index is -0.776. The Bertz CT molecular complexity index is 717. The van der Waals surface area contributed by atoms with Crippen molar-refractivity contribution in [2.24, 2.45) is 5.92 Å². The molecule has 1 fully saturated rings. The Morgan fingerprint density at radius 3 is 2.54 bits per heavy atom. The number of carbonyl (C=O) groups is 1. The highest BCUT2D eigenvalue weighted by Crippen LogP contribution is 2.33. The van der Waals surface area contributed by atoms with E-state index < -0.39 is 11.6 Å². The number of hydrogen-bond acceptors (Lipinski definition) is 1. The first-order valence-corrected chi connectivity index (χ1v) is 8.12. The van der Waals surface area contributed by atoms with E-state index in [-0.39, 0.29) is 17.8 Å². The van der Waals surface area contributed by atoms with Crippen LogP contribution in [0.15, 0.2) is 48.5 Å². The summed E-state index contributed by atoms with van der Waals surface area (Å²) in [5.74, 6) is -0.944. The summed E-state index contributed by atoms with van der Waals surface area (Å²) in [5.41, 5.74) is 1.01. The Morgan fingerprint density at radius 2 is 1.92 bits per heavy atom. The van der Waals surface area contributed by atoms with Crippen molar-refractivity contribution < 1.29 is 13.6 Å². The molecule has 3 nitrogen and oxygen atoms in total. The fourth-order valence-corrected chi connectivity index (χ4v) is 2.68. The Balaban J connectivity index is 1.78. The SMILES string of the molecule is CC(c1ccccc1)N(CC1CC1)C(=O)Nc1ccc(F)cc1F. The molecule has 2 aromatic rings. The summed E-state index contributed by atoms with van der Waals surface area (Å²) in [5, 5.41) is 2.57. The molecule has 0 aliphatic heterocycles. The van der Waals surface area contributed by atoms with Crippen LogP contribution >= 0.6 is 0 Å². The molecule has 0 heterocycles. The number of hydrogen-bond donors (Lipinski definition) is 1. The number of rotatable bonds is 5. The van der Waals surface area contributed by atoms with Gasteiger partial charge in [0.05, 0.1) is 11.7 Å². The molecular formula is C19H20F2N2O. The molecule has 1 saturated carbocycles. The van der Waals surface area contributed by atoms with Gasteiger partial charge in [0.2, 0.25) is 0 Å². The number of amides is 2. The van der Waals surface area contributed by atoms with Crippen molar-refractivity contribution in [2.75, 3.05) is 11.9 Å². The Labute approximate surface area is 140 Å². The van der Waals surface area contributed by atoms with Crippen LogP contribution in [0.4, 0.5) is 19.3 Å². The van der Waals surface area contributed by atoms with E-state index in [1.165, 1.54) is 6.07 Å². The first kappa shape index (κ1) is 16.4. The van der Waals surface area contributed by atoms with Crippen LogP contribution in [-0.4, -0.2) is 17.5 Å². The maximum absolute atomic E-state index is 13.8. The van der Waals surface area contributed by atoms with Crippen LogP contribution in [0.1, 0.15) is 31.4 Å². The first-order valence-electron chi connectivity index (χ1n) is 8.12. The van der Waals surface area contributed by atoms with Crippen molar-refractivity contribution >= 4 is 11.7 Å². The number of halogens is 2. The predicted molar refractivity (Wildman–Crippen MR) is 89.7 cm³/mol. The van der Waals surface area contributed by atoms with Gasteiger partial charge in [0.15, 0.2) is 0 Å². The third kappa shape index (κ3) is 3.91. The fraction of sp³-hybridized carbons (Fsp3) is 0.316. The maximum Gasteiger partial charge on any atom is 0.322 e. The molecule has 1 aliphatic rings. The van der Waals surface area contributed by atoms with E-state index in [0.29, 0.717) is 12.5 Å². The van der Waals surface area contributed by atoms with Gasteiger partial charge in [-0.15, -0.1) is 0 Å². The van der Waals surface area contributed by atoms with Crippen molar-refractivity contribution in [3.05, 3.63) is 65.7 Å². The van der Waals surface area contributed by atoms with Crippen LogP contribution in [-0.2, 0) is 0 Å². The number of anilines is 1. The average molecular weight is 330 g/mol. The van der Waals surface area contributed by atoms with Gasteiger partial charge in [-0.1, -0.05) is 30.3 Å². The summed E-state index contributed by atoms with van der Waals surface area (Å²) < 4.78 is 26.8. The molecule has 24 heavy (non-hydrogen) atoms. The minimum absolute atomic E-state index is 0.0116. The number of carbonyl (C=O) groups excluding carboxylic acids is 1. The summed E-state index contributed by atoms with van der Waals surface area (Å²) in [7, 11) is 0. The summed E-state index contributed by atoms with van der Waals surface area (Å²) in [6, 6.07) is 12.4.